The van der Waals surface area contributed by atoms with E-state index in [0.717, 1.165) is 43.2 Å². The van der Waals surface area contributed by atoms with Gasteiger partial charge in [0.2, 0.25) is 0 Å². The van der Waals surface area contributed by atoms with Gasteiger partial charge in [0, 0.05) is 29.3 Å². The summed E-state index contributed by atoms with van der Waals surface area (Å²) in [7, 11) is 0. The summed E-state index contributed by atoms with van der Waals surface area (Å²) >= 11 is 12.3. The van der Waals surface area contributed by atoms with Gasteiger partial charge in [-0.05, 0) is 69.4 Å². The van der Waals surface area contributed by atoms with Gasteiger partial charge in [-0.25, -0.2) is 13.2 Å². The zero-order chi connectivity index (χ0) is 29.4. The summed E-state index contributed by atoms with van der Waals surface area (Å²) < 4.78 is 43.4. The lowest BCUT2D eigenvalue weighted by Crippen LogP contribution is -2.35. The van der Waals surface area contributed by atoms with Gasteiger partial charge in [-0.3, -0.25) is 14.3 Å². The van der Waals surface area contributed by atoms with Crippen LogP contribution in [0.2, 0.25) is 10.0 Å². The molecule has 1 heterocycles. The lowest BCUT2D eigenvalue weighted by molar-refractivity contribution is -0.127. The Balaban J connectivity index is 1.63. The summed E-state index contributed by atoms with van der Waals surface area (Å²) in [4.78, 5) is 27.1. The molecule has 1 aliphatic rings. The molecule has 1 saturated carbocycles. The maximum Gasteiger partial charge on any atom is 0.257 e. The molecule has 1 aromatic heterocycles. The molecule has 11 heteroatoms. The number of nitrogens with zero attached hydrogens (tertiary/aromatic N) is 3. The summed E-state index contributed by atoms with van der Waals surface area (Å²) in [6.45, 7) is 4.73. The Morgan fingerprint density at radius 2 is 1.62 bits per heavy atom. The number of carbonyl (C=O) groups excluding carboxylic acids is 2. The third-order valence-corrected chi connectivity index (χ3v) is 8.51. The minimum absolute atomic E-state index is 0.00200. The molecule has 0 radical (unpaired) electrons. The Hall–Kier alpha value is -2.88. The first-order chi connectivity index (χ1) is 18.8. The molecule has 40 heavy (non-hydrogen) atoms. The molecule has 0 aliphatic heterocycles. The van der Waals surface area contributed by atoms with Crippen molar-refractivity contribution in [2.24, 2.45) is 5.41 Å². The number of ketones is 1. The van der Waals surface area contributed by atoms with Gasteiger partial charge in [0.25, 0.3) is 5.91 Å². The number of halogens is 5. The number of hydrogen-bond acceptors (Lipinski definition) is 4. The first-order valence-corrected chi connectivity index (χ1v) is 13.7. The lowest BCUT2D eigenvalue weighted by atomic mass is 9.71. The maximum atomic E-state index is 14.0. The van der Waals surface area contributed by atoms with E-state index in [0.29, 0.717) is 18.5 Å². The molecule has 1 aliphatic carbocycles. The molecule has 1 amide bonds. The molecule has 0 saturated heterocycles. The molecular weight excluding hydrogens is 566 g/mol. The summed E-state index contributed by atoms with van der Waals surface area (Å²) in [6, 6.07) is 4.90. The van der Waals surface area contributed by atoms with Gasteiger partial charge in [-0.15, -0.1) is 0 Å². The molecule has 4 rings (SSSR count). The fourth-order valence-corrected chi connectivity index (χ4v) is 6.03. The van der Waals surface area contributed by atoms with Crippen LogP contribution in [0.4, 0.5) is 13.2 Å². The number of hydrogen-bond donors (Lipinski definition) is 1. The number of carbonyl (C=O) groups is 2. The number of amides is 1. The molecular formula is C29H30Cl2F3N3O3. The number of rotatable bonds is 8. The highest BCUT2D eigenvalue weighted by atomic mass is 35.5. The van der Waals surface area contributed by atoms with Crippen molar-refractivity contribution in [2.75, 3.05) is 6.54 Å². The van der Waals surface area contributed by atoms with Crippen LogP contribution in [0.25, 0.3) is 0 Å². The van der Waals surface area contributed by atoms with Crippen molar-refractivity contribution in [3.8, 4) is 0 Å². The van der Waals surface area contributed by atoms with E-state index in [1.54, 1.807) is 18.5 Å². The Labute approximate surface area is 240 Å². The van der Waals surface area contributed by atoms with Crippen LogP contribution in [0.15, 0.2) is 36.5 Å². The van der Waals surface area contributed by atoms with Crippen molar-refractivity contribution in [3.05, 3.63) is 86.4 Å². The van der Waals surface area contributed by atoms with Gasteiger partial charge in [0.05, 0.1) is 40.5 Å². The first-order valence-electron chi connectivity index (χ1n) is 12.9. The zero-order valence-corrected chi connectivity index (χ0v) is 23.9. The maximum absolute atomic E-state index is 14.0. The molecule has 3 aromatic rings. The van der Waals surface area contributed by atoms with E-state index in [2.05, 4.69) is 5.10 Å². The van der Waals surface area contributed by atoms with Crippen LogP contribution in [0.3, 0.4) is 0 Å². The molecule has 214 valence electrons. The van der Waals surface area contributed by atoms with Crippen molar-refractivity contribution in [3.63, 3.8) is 0 Å². The molecule has 1 atom stereocenters. The smallest absolute Gasteiger partial charge is 0.257 e. The van der Waals surface area contributed by atoms with Crippen LogP contribution in [-0.2, 0) is 11.3 Å². The third kappa shape index (κ3) is 6.37. The van der Waals surface area contributed by atoms with E-state index in [-0.39, 0.29) is 57.1 Å². The number of aliphatic hydroxyl groups excluding tert-OH is 1. The summed E-state index contributed by atoms with van der Waals surface area (Å²) in [6.07, 6.45) is 2.86. The van der Waals surface area contributed by atoms with Crippen molar-refractivity contribution < 1.29 is 27.9 Å². The van der Waals surface area contributed by atoms with E-state index >= 15 is 0 Å². The average molecular weight is 596 g/mol. The molecule has 0 spiro atoms. The van der Waals surface area contributed by atoms with Crippen molar-refractivity contribution in [2.45, 2.75) is 65.1 Å². The minimum atomic E-state index is -1.43. The molecule has 1 fully saturated rings. The van der Waals surface area contributed by atoms with Gasteiger partial charge in [0.15, 0.2) is 0 Å². The van der Waals surface area contributed by atoms with Crippen molar-refractivity contribution in [1.82, 2.24) is 14.7 Å². The summed E-state index contributed by atoms with van der Waals surface area (Å²) in [5.41, 5.74) is 0.655. The summed E-state index contributed by atoms with van der Waals surface area (Å²) in [5, 5.41) is 15.2. The first kappa shape index (κ1) is 30.1. The van der Waals surface area contributed by atoms with E-state index < -0.39 is 29.5 Å². The predicted molar refractivity (Wildman–Crippen MR) is 146 cm³/mol. The largest absolute Gasteiger partial charge is 0.386 e. The van der Waals surface area contributed by atoms with Crippen LogP contribution >= 0.6 is 23.2 Å². The van der Waals surface area contributed by atoms with Crippen LogP contribution in [0.1, 0.15) is 78.9 Å². The molecule has 1 N–H and O–H groups in total. The normalized spacial score (nSPS) is 19.9. The fraction of sp³-hybridized carbons (Fsp3) is 0.414. The van der Waals surface area contributed by atoms with Crippen molar-refractivity contribution in [1.29, 1.82) is 0 Å². The quantitative estimate of drug-likeness (QED) is 0.304. The number of Topliss-reactive ketones (excluding diaryl/α,β-unsaturated/α-hetero) is 1. The van der Waals surface area contributed by atoms with Gasteiger partial charge in [-0.2, -0.15) is 5.10 Å². The Morgan fingerprint density at radius 1 is 1.07 bits per heavy atom. The van der Waals surface area contributed by atoms with E-state index in [1.165, 1.54) is 11.1 Å². The predicted octanol–water partition coefficient (Wildman–Crippen LogP) is 7.00. The molecule has 1 unspecified atom stereocenters. The van der Waals surface area contributed by atoms with Crippen molar-refractivity contribution >= 4 is 34.9 Å². The van der Waals surface area contributed by atoms with E-state index in [4.69, 9.17) is 23.2 Å². The topological polar surface area (TPSA) is 75.4 Å². The van der Waals surface area contributed by atoms with Gasteiger partial charge in [-0.1, -0.05) is 30.1 Å². The Morgan fingerprint density at radius 3 is 2.17 bits per heavy atom. The molecule has 6 nitrogen and oxygen atoms in total. The van der Waals surface area contributed by atoms with Gasteiger partial charge in [0.1, 0.15) is 23.2 Å². The summed E-state index contributed by atoms with van der Waals surface area (Å²) in [5.74, 6) is -2.70. The van der Waals surface area contributed by atoms with Gasteiger partial charge < -0.3 is 10.0 Å². The third-order valence-electron chi connectivity index (χ3n) is 7.88. The van der Waals surface area contributed by atoms with Gasteiger partial charge >= 0.3 is 0 Å². The van der Waals surface area contributed by atoms with E-state index in [1.807, 2.05) is 6.92 Å². The SMILES string of the molecule is Cc1c(C(=O)N(Cc2cc(F)cc(F)c2)CC(O)c2c(Cl)cc(F)cc2Cl)cnn1[C@H]1CC[C@](C)(C(C)=O)CC1. The van der Waals surface area contributed by atoms with E-state index in [9.17, 15) is 27.9 Å². The monoisotopic (exact) mass is 595 g/mol. The van der Waals surface area contributed by atoms with Crippen LogP contribution in [-0.4, -0.2) is 38.0 Å². The van der Waals surface area contributed by atoms with Crippen LogP contribution in [0, 0.1) is 29.8 Å². The highest BCUT2D eigenvalue weighted by molar-refractivity contribution is 6.36. The standard InChI is InChI=1S/C29H30Cl2F3N3O3/c1-16-23(13-35-37(16)22-4-6-29(3,7-5-22)17(2)38)28(40)36(14-18-8-19(32)10-20(33)9-18)15-26(39)27-24(30)11-21(34)12-25(27)31/h8-13,22,26,39H,4-7,14-15H2,1-3H3/t22-,26?,29-. The average Bonchev–Trinajstić information content (AvgIpc) is 3.23. The van der Waals surface area contributed by atoms with Crippen LogP contribution in [0.5, 0.6) is 0 Å². The number of aromatic nitrogens is 2. The Bertz CT molecular complexity index is 1390. The highest BCUT2D eigenvalue weighted by Gasteiger charge is 2.36. The highest BCUT2D eigenvalue weighted by Crippen LogP contribution is 2.41. The Kier molecular flexibility index (Phi) is 8.97. The second-order valence-electron chi connectivity index (χ2n) is 10.7. The number of aliphatic hydroxyl groups is 1. The lowest BCUT2D eigenvalue weighted by Gasteiger charge is -2.35. The number of benzene rings is 2. The second kappa shape index (κ2) is 11.9. The molecule has 0 bridgehead atoms. The van der Waals surface area contributed by atoms with Crippen LogP contribution < -0.4 is 0 Å². The minimum Gasteiger partial charge on any atom is -0.386 e. The second-order valence-corrected chi connectivity index (χ2v) is 11.5. The zero-order valence-electron chi connectivity index (χ0n) is 22.4. The fourth-order valence-electron chi connectivity index (χ4n) is 5.32. The molecule has 2 aromatic carbocycles.